The second kappa shape index (κ2) is 6.30. The van der Waals surface area contributed by atoms with Crippen LogP contribution in [0.3, 0.4) is 0 Å². The highest BCUT2D eigenvalue weighted by molar-refractivity contribution is 6.01. The predicted octanol–water partition coefficient (Wildman–Crippen LogP) is 1.27. The number of rotatable bonds is 3. The third kappa shape index (κ3) is 2.19. The fraction of sp³-hybridized carbons (Fsp3) is 0.727. The number of carbonyl (C=O) groups is 2. The minimum absolute atomic E-state index is 0.0913. The van der Waals surface area contributed by atoms with E-state index in [-0.39, 0.29) is 18.6 Å². The Bertz CT molecular complexity index is 822. The van der Waals surface area contributed by atoms with Crippen LogP contribution >= 0.6 is 0 Å². The van der Waals surface area contributed by atoms with E-state index in [2.05, 4.69) is 0 Å². The van der Waals surface area contributed by atoms with Crippen molar-refractivity contribution in [2.75, 3.05) is 13.7 Å². The Morgan fingerprint density at radius 2 is 1.97 bits per heavy atom. The summed E-state index contributed by atoms with van der Waals surface area (Å²) in [4.78, 5) is 24.6. The first-order chi connectivity index (χ1) is 13.5. The molecule has 0 radical (unpaired) electrons. The lowest BCUT2D eigenvalue weighted by Gasteiger charge is -2.62. The molecule has 6 nitrogen and oxygen atoms in total. The Hall–Kier alpha value is -1.41. The van der Waals surface area contributed by atoms with Gasteiger partial charge in [0.1, 0.15) is 6.61 Å². The molecule has 0 bridgehead atoms. The molecule has 3 saturated carbocycles. The standard InChI is InChI=1S/C22H29FO6/c1-19-7-6-13(25)8-12(19)4-5-14-15-9-16(26)22(29-3,18(28)11-24)20(15,2)10-17(27)21(14,19)23/h6-8,14-17,24,26-27H,4-5,9-11H2,1-3H3/t14-,15-,16+,17-,19-,20-,21-,22-/m0/s1. The van der Waals surface area contributed by atoms with Crippen molar-refractivity contribution in [3.8, 4) is 0 Å². The first kappa shape index (κ1) is 20.8. The minimum Gasteiger partial charge on any atom is -0.390 e. The van der Waals surface area contributed by atoms with Gasteiger partial charge in [0.25, 0.3) is 0 Å². The van der Waals surface area contributed by atoms with E-state index in [0.717, 1.165) is 0 Å². The van der Waals surface area contributed by atoms with E-state index in [0.29, 0.717) is 18.4 Å². The van der Waals surface area contributed by atoms with E-state index in [1.165, 1.54) is 19.3 Å². The number of fused-ring (bicyclic) bond motifs is 5. The number of methoxy groups -OCH3 is 1. The monoisotopic (exact) mass is 408 g/mol. The van der Waals surface area contributed by atoms with Gasteiger partial charge in [-0.25, -0.2) is 4.39 Å². The van der Waals surface area contributed by atoms with Crippen molar-refractivity contribution in [1.29, 1.82) is 0 Å². The number of hydrogen-bond acceptors (Lipinski definition) is 6. The quantitative estimate of drug-likeness (QED) is 0.650. The third-order valence-corrected chi connectivity index (χ3v) is 8.71. The van der Waals surface area contributed by atoms with Gasteiger partial charge >= 0.3 is 0 Å². The van der Waals surface area contributed by atoms with Crippen molar-refractivity contribution in [2.45, 2.75) is 63.0 Å². The number of halogens is 1. The first-order valence-corrected chi connectivity index (χ1v) is 10.2. The van der Waals surface area contributed by atoms with Gasteiger partial charge in [-0.2, -0.15) is 0 Å². The Labute approximate surface area is 169 Å². The van der Waals surface area contributed by atoms with Gasteiger partial charge in [-0.15, -0.1) is 0 Å². The maximum atomic E-state index is 16.9. The number of ketones is 2. The van der Waals surface area contributed by atoms with Gasteiger partial charge in [-0.3, -0.25) is 9.59 Å². The zero-order valence-corrected chi connectivity index (χ0v) is 17.0. The lowest BCUT2D eigenvalue weighted by molar-refractivity contribution is -0.227. The summed E-state index contributed by atoms with van der Waals surface area (Å²) in [6.07, 6.45) is 2.72. The fourth-order valence-electron chi connectivity index (χ4n) is 7.31. The van der Waals surface area contributed by atoms with Crippen molar-refractivity contribution >= 4 is 11.6 Å². The Balaban J connectivity index is 1.85. The van der Waals surface area contributed by atoms with Gasteiger partial charge in [-0.1, -0.05) is 18.6 Å². The number of ether oxygens (including phenoxy) is 1. The molecule has 7 heteroatoms. The summed E-state index contributed by atoms with van der Waals surface area (Å²) in [5.74, 6) is -1.89. The number of hydrogen-bond donors (Lipinski definition) is 3. The second-order valence-corrected chi connectivity index (χ2v) is 9.54. The minimum atomic E-state index is -2.04. The van der Waals surface area contributed by atoms with Crippen LogP contribution in [0.15, 0.2) is 23.8 Å². The molecule has 0 spiro atoms. The summed E-state index contributed by atoms with van der Waals surface area (Å²) in [7, 11) is 1.31. The van der Waals surface area contributed by atoms with Gasteiger partial charge in [0, 0.05) is 23.9 Å². The third-order valence-electron chi connectivity index (χ3n) is 8.71. The van der Waals surface area contributed by atoms with Crippen LogP contribution in [0, 0.1) is 22.7 Å². The molecule has 3 N–H and O–H groups in total. The molecule has 4 aliphatic rings. The molecule has 29 heavy (non-hydrogen) atoms. The van der Waals surface area contributed by atoms with Crippen LogP contribution in [0.2, 0.25) is 0 Å². The number of Topliss-reactive ketones (excluding diaryl/α,β-unsaturated/α-hetero) is 1. The van der Waals surface area contributed by atoms with Crippen molar-refractivity contribution in [1.82, 2.24) is 0 Å². The number of aliphatic hydroxyl groups is 3. The number of carbonyl (C=O) groups excluding carboxylic acids is 2. The van der Waals surface area contributed by atoms with E-state index in [9.17, 15) is 24.9 Å². The van der Waals surface area contributed by atoms with Crippen LogP contribution in [0.25, 0.3) is 0 Å². The van der Waals surface area contributed by atoms with E-state index >= 15 is 4.39 Å². The molecule has 0 unspecified atom stereocenters. The maximum absolute atomic E-state index is 16.9. The number of alkyl halides is 1. The van der Waals surface area contributed by atoms with Crippen LogP contribution in [0.5, 0.6) is 0 Å². The zero-order valence-electron chi connectivity index (χ0n) is 17.0. The summed E-state index contributed by atoms with van der Waals surface area (Å²) in [6, 6.07) is 0. The highest BCUT2D eigenvalue weighted by Crippen LogP contribution is 2.70. The van der Waals surface area contributed by atoms with Crippen molar-refractivity contribution in [3.05, 3.63) is 23.8 Å². The van der Waals surface area contributed by atoms with Gasteiger partial charge < -0.3 is 20.1 Å². The molecule has 3 fully saturated rings. The Morgan fingerprint density at radius 1 is 1.28 bits per heavy atom. The van der Waals surface area contributed by atoms with Gasteiger partial charge in [0.2, 0.25) is 0 Å². The Morgan fingerprint density at radius 3 is 2.59 bits per heavy atom. The van der Waals surface area contributed by atoms with Gasteiger partial charge in [0.15, 0.2) is 22.8 Å². The van der Waals surface area contributed by atoms with Crippen LogP contribution < -0.4 is 0 Å². The smallest absolute Gasteiger partial charge is 0.193 e. The predicted molar refractivity (Wildman–Crippen MR) is 102 cm³/mol. The van der Waals surface area contributed by atoms with Gasteiger partial charge in [0.05, 0.1) is 12.2 Å². The first-order valence-electron chi connectivity index (χ1n) is 10.2. The second-order valence-electron chi connectivity index (χ2n) is 9.54. The number of aliphatic hydroxyl groups excluding tert-OH is 3. The van der Waals surface area contributed by atoms with Crippen LogP contribution in [-0.4, -0.2) is 64.1 Å². The van der Waals surface area contributed by atoms with E-state index in [1.807, 2.05) is 0 Å². The van der Waals surface area contributed by atoms with Crippen LogP contribution in [0.4, 0.5) is 4.39 Å². The van der Waals surface area contributed by atoms with Crippen LogP contribution in [0.1, 0.15) is 39.5 Å². The summed E-state index contributed by atoms with van der Waals surface area (Å²) in [6.45, 7) is 2.67. The fourth-order valence-corrected chi connectivity index (χ4v) is 7.31. The van der Waals surface area contributed by atoms with Crippen molar-refractivity contribution in [2.24, 2.45) is 22.7 Å². The average Bonchev–Trinajstić information content (AvgIpc) is 2.90. The number of allylic oxidation sites excluding steroid dienone is 4. The van der Waals surface area contributed by atoms with E-state index < -0.39 is 58.5 Å². The molecule has 0 saturated heterocycles. The van der Waals surface area contributed by atoms with Crippen molar-refractivity contribution < 1.29 is 34.0 Å². The molecule has 4 rings (SSSR count). The molecule has 4 aliphatic carbocycles. The summed E-state index contributed by atoms with van der Waals surface area (Å²) in [5, 5.41) is 31.6. The molecule has 0 aromatic rings. The Kier molecular flexibility index (Phi) is 4.53. The topological polar surface area (TPSA) is 104 Å². The summed E-state index contributed by atoms with van der Waals surface area (Å²) in [5.41, 5.74) is -5.22. The summed E-state index contributed by atoms with van der Waals surface area (Å²) < 4.78 is 22.5. The SMILES string of the molecule is CO[C@]1(C(=O)CO)[C@H](O)C[C@H]2[C@@H]3CCC4=CC(=O)C=C[C@]4(C)[C@@]3(F)[C@@H](O)C[C@@]21C. The largest absolute Gasteiger partial charge is 0.390 e. The average molecular weight is 408 g/mol. The van der Waals surface area contributed by atoms with Gasteiger partial charge in [-0.05, 0) is 50.7 Å². The summed E-state index contributed by atoms with van der Waals surface area (Å²) >= 11 is 0. The van der Waals surface area contributed by atoms with E-state index in [1.54, 1.807) is 19.9 Å². The highest BCUT2D eigenvalue weighted by atomic mass is 19.1. The van der Waals surface area contributed by atoms with E-state index in [4.69, 9.17) is 4.74 Å². The molecule has 160 valence electrons. The molecule has 8 atom stereocenters. The lowest BCUT2D eigenvalue weighted by atomic mass is 9.44. The normalized spacial score (nSPS) is 51.1. The molecule has 0 amide bonds. The lowest BCUT2D eigenvalue weighted by Crippen LogP contribution is -2.70. The molecule has 0 aliphatic heterocycles. The molecular formula is C22H29FO6. The zero-order chi connectivity index (χ0) is 21.4. The molecule has 0 aromatic carbocycles. The maximum Gasteiger partial charge on any atom is 0.193 e. The van der Waals surface area contributed by atoms with Crippen LogP contribution in [-0.2, 0) is 14.3 Å². The highest BCUT2D eigenvalue weighted by Gasteiger charge is 2.76. The van der Waals surface area contributed by atoms with Crippen molar-refractivity contribution in [3.63, 3.8) is 0 Å². The molecular weight excluding hydrogens is 379 g/mol. The molecule has 0 heterocycles. The molecule has 0 aromatic heterocycles.